The van der Waals surface area contributed by atoms with Gasteiger partial charge in [0.15, 0.2) is 6.61 Å². The fraction of sp³-hybridized carbons (Fsp3) is 0.241. The molecule has 0 aliphatic heterocycles. The first-order chi connectivity index (χ1) is 20.2. The van der Waals surface area contributed by atoms with E-state index in [1.54, 1.807) is 12.1 Å². The third-order valence-electron chi connectivity index (χ3n) is 6.84. The summed E-state index contributed by atoms with van der Waals surface area (Å²) < 4.78 is 20.5. The van der Waals surface area contributed by atoms with Crippen molar-refractivity contribution in [2.45, 2.75) is 38.0 Å². The summed E-state index contributed by atoms with van der Waals surface area (Å²) >= 11 is 9.75. The fourth-order valence-corrected chi connectivity index (χ4v) is 5.49. The van der Waals surface area contributed by atoms with Crippen molar-refractivity contribution < 1.29 is 18.8 Å². The predicted octanol–water partition coefficient (Wildman–Crippen LogP) is 6.81. The number of nitro groups is 1. The Balaban J connectivity index is 1.44. The average Bonchev–Trinajstić information content (AvgIpc) is 2.97. The number of fused-ring (bicyclic) bond motifs is 1. The largest absolute Gasteiger partial charge is 0.476 e. The topological polar surface area (TPSA) is 129 Å². The summed E-state index contributed by atoms with van der Waals surface area (Å²) in [6.45, 7) is -0.580. The van der Waals surface area contributed by atoms with Crippen LogP contribution in [-0.4, -0.2) is 33.3 Å². The highest BCUT2D eigenvalue weighted by molar-refractivity contribution is 9.10. The van der Waals surface area contributed by atoms with E-state index in [9.17, 15) is 24.1 Å². The molecule has 42 heavy (non-hydrogen) atoms. The van der Waals surface area contributed by atoms with Crippen LogP contribution in [0.25, 0.3) is 10.9 Å². The number of benzene rings is 3. The van der Waals surface area contributed by atoms with E-state index in [1.165, 1.54) is 47.3 Å². The van der Waals surface area contributed by atoms with Crippen molar-refractivity contribution in [3.05, 3.63) is 102 Å². The van der Waals surface area contributed by atoms with Crippen LogP contribution < -0.4 is 15.6 Å². The van der Waals surface area contributed by atoms with E-state index in [-0.39, 0.29) is 27.8 Å². The number of halogens is 3. The molecule has 0 spiro atoms. The molecule has 1 fully saturated rings. The molecule has 13 heteroatoms. The van der Waals surface area contributed by atoms with Crippen LogP contribution >= 0.6 is 27.5 Å². The number of carbonyl (C=O) groups is 1. The number of ether oxygens (including phenoxy) is 1. The minimum atomic E-state index is -0.689. The zero-order valence-electron chi connectivity index (χ0n) is 22.1. The number of carbonyl (C=O) groups excluding carboxylic acids is 1. The van der Waals surface area contributed by atoms with E-state index < -0.39 is 28.9 Å². The number of rotatable bonds is 8. The third-order valence-corrected chi connectivity index (χ3v) is 7.62. The van der Waals surface area contributed by atoms with Crippen molar-refractivity contribution in [3.63, 3.8) is 0 Å². The Hall–Kier alpha value is -4.16. The summed E-state index contributed by atoms with van der Waals surface area (Å²) in [6, 6.07) is 13.0. The lowest BCUT2D eigenvalue weighted by Gasteiger charge is -2.22. The number of nitrogens with one attached hydrogen (secondary N) is 1. The van der Waals surface area contributed by atoms with Crippen LogP contribution in [-0.2, 0) is 4.79 Å². The molecule has 1 N–H and O–H groups in total. The van der Waals surface area contributed by atoms with E-state index in [4.69, 9.17) is 21.3 Å². The normalized spacial score (nSPS) is 13.9. The summed E-state index contributed by atoms with van der Waals surface area (Å²) in [5.41, 5.74) is 0.296. The van der Waals surface area contributed by atoms with Crippen LogP contribution in [0.4, 0.5) is 15.8 Å². The molecular weight excluding hydrogens is 633 g/mol. The first-order valence-electron chi connectivity index (χ1n) is 13.1. The minimum absolute atomic E-state index is 0.0476. The first-order valence-corrected chi connectivity index (χ1v) is 14.3. The van der Waals surface area contributed by atoms with Gasteiger partial charge in [0.2, 0.25) is 5.75 Å². The van der Waals surface area contributed by atoms with E-state index in [1.807, 2.05) is 6.07 Å². The lowest BCUT2D eigenvalue weighted by molar-refractivity contribution is -0.385. The molecule has 5 rings (SSSR count). The highest BCUT2D eigenvalue weighted by atomic mass is 79.9. The molecule has 0 unspecified atom stereocenters. The Morgan fingerprint density at radius 1 is 1.19 bits per heavy atom. The summed E-state index contributed by atoms with van der Waals surface area (Å²) in [7, 11) is 0. The summed E-state index contributed by atoms with van der Waals surface area (Å²) in [4.78, 5) is 41.8. The maximum absolute atomic E-state index is 13.5. The van der Waals surface area contributed by atoms with Gasteiger partial charge in [-0.15, -0.1) is 0 Å². The van der Waals surface area contributed by atoms with Crippen LogP contribution in [0, 0.1) is 15.9 Å². The average molecular weight is 657 g/mol. The van der Waals surface area contributed by atoms with Gasteiger partial charge in [-0.25, -0.2) is 9.37 Å². The van der Waals surface area contributed by atoms with Gasteiger partial charge < -0.3 is 10.1 Å². The van der Waals surface area contributed by atoms with Crippen LogP contribution in [0.5, 0.6) is 5.75 Å². The maximum Gasteiger partial charge on any atom is 0.313 e. The molecular formula is C29H24BrClFN5O5. The Morgan fingerprint density at radius 3 is 2.64 bits per heavy atom. The van der Waals surface area contributed by atoms with Crippen molar-refractivity contribution >= 4 is 61.9 Å². The second-order valence-electron chi connectivity index (χ2n) is 9.78. The van der Waals surface area contributed by atoms with E-state index in [0.717, 1.165) is 36.6 Å². The highest BCUT2D eigenvalue weighted by Crippen LogP contribution is 2.36. The number of hydrogen-bond donors (Lipinski definition) is 1. The van der Waals surface area contributed by atoms with Gasteiger partial charge in [-0.3, -0.25) is 19.7 Å². The van der Waals surface area contributed by atoms with Crippen LogP contribution in [0.15, 0.2) is 69.0 Å². The number of nitrogens with zero attached hydrogens (tertiary/aromatic N) is 4. The molecule has 4 aromatic rings. The number of aromatic nitrogens is 2. The summed E-state index contributed by atoms with van der Waals surface area (Å²) in [5.74, 6) is -0.798. The number of hydrogen-bond acceptors (Lipinski definition) is 7. The van der Waals surface area contributed by atoms with E-state index in [2.05, 4.69) is 26.3 Å². The van der Waals surface area contributed by atoms with Crippen LogP contribution in [0.2, 0.25) is 5.02 Å². The molecule has 0 bridgehead atoms. The molecule has 10 nitrogen and oxygen atoms in total. The number of nitro benzene ring substituents is 1. The first kappa shape index (κ1) is 29.3. The molecule has 0 saturated heterocycles. The fourth-order valence-electron chi connectivity index (χ4n) is 4.85. The molecule has 0 radical (unpaired) electrons. The molecule has 1 aliphatic carbocycles. The van der Waals surface area contributed by atoms with Gasteiger partial charge in [-0.1, -0.05) is 46.8 Å². The summed E-state index contributed by atoms with van der Waals surface area (Å²) in [6.07, 6.45) is 6.23. The van der Waals surface area contributed by atoms with E-state index >= 15 is 0 Å². The molecule has 1 aliphatic rings. The molecule has 0 atom stereocenters. The lowest BCUT2D eigenvalue weighted by Crippen LogP contribution is -2.25. The monoisotopic (exact) mass is 655 g/mol. The zero-order valence-corrected chi connectivity index (χ0v) is 24.4. The highest BCUT2D eigenvalue weighted by Gasteiger charge is 2.24. The van der Waals surface area contributed by atoms with Gasteiger partial charge in [-0.05, 0) is 61.4 Å². The van der Waals surface area contributed by atoms with Crippen molar-refractivity contribution in [2.75, 3.05) is 11.9 Å². The van der Waals surface area contributed by atoms with Crippen molar-refractivity contribution in [2.24, 2.45) is 5.10 Å². The standard InChI is InChI=1S/C29H24BrClFN5O5/c30-19-6-11-24-22(14-19)29(39)36(28(35-24)18-4-2-1-3-5-18)33-15-17-12-23(31)27(25(13-17)37(40)41)42-16-26(38)34-21-9-7-20(32)8-10-21/h6-15,18H,1-5,16H2,(H,34,38). The van der Waals surface area contributed by atoms with Gasteiger partial charge in [0.1, 0.15) is 11.6 Å². The smallest absolute Gasteiger partial charge is 0.313 e. The Kier molecular flexibility index (Phi) is 8.93. The van der Waals surface area contributed by atoms with Gasteiger partial charge in [-0.2, -0.15) is 9.78 Å². The molecule has 3 aromatic carbocycles. The second-order valence-corrected chi connectivity index (χ2v) is 11.1. The molecule has 1 heterocycles. The quantitative estimate of drug-likeness (QED) is 0.126. The Bertz CT molecular complexity index is 1760. The molecule has 1 amide bonds. The van der Waals surface area contributed by atoms with E-state index in [0.29, 0.717) is 22.4 Å². The third kappa shape index (κ3) is 6.66. The maximum atomic E-state index is 13.5. The SMILES string of the molecule is O=C(COc1c(Cl)cc(C=Nn2c(C3CCCCC3)nc3ccc(Br)cc3c2=O)cc1[N+](=O)[O-])Nc1ccc(F)cc1. The molecule has 1 saturated carbocycles. The molecule has 1 aromatic heterocycles. The summed E-state index contributed by atoms with van der Waals surface area (Å²) in [5, 5.41) is 19.1. The Morgan fingerprint density at radius 2 is 1.93 bits per heavy atom. The number of anilines is 1. The van der Waals surface area contributed by atoms with Gasteiger partial charge >= 0.3 is 5.69 Å². The van der Waals surface area contributed by atoms with Crippen molar-refractivity contribution in [1.82, 2.24) is 9.66 Å². The van der Waals surface area contributed by atoms with Crippen LogP contribution in [0.1, 0.15) is 49.4 Å². The lowest BCUT2D eigenvalue weighted by atomic mass is 9.88. The molecule has 216 valence electrons. The van der Waals surface area contributed by atoms with Crippen molar-refractivity contribution in [3.8, 4) is 5.75 Å². The second kappa shape index (κ2) is 12.8. The van der Waals surface area contributed by atoms with Crippen molar-refractivity contribution in [1.29, 1.82) is 0 Å². The zero-order chi connectivity index (χ0) is 29.8. The van der Waals surface area contributed by atoms with Gasteiger partial charge in [0, 0.05) is 27.7 Å². The number of amides is 1. The van der Waals surface area contributed by atoms with Gasteiger partial charge in [0.25, 0.3) is 11.5 Å². The predicted molar refractivity (Wildman–Crippen MR) is 161 cm³/mol. The Labute approximate surface area is 252 Å². The van der Waals surface area contributed by atoms with Crippen LogP contribution in [0.3, 0.4) is 0 Å². The minimum Gasteiger partial charge on any atom is -0.476 e. The van der Waals surface area contributed by atoms with Gasteiger partial charge in [0.05, 0.1) is 27.1 Å².